The van der Waals surface area contributed by atoms with Crippen LogP contribution in [-0.4, -0.2) is 22.0 Å². The Morgan fingerprint density at radius 1 is 1.10 bits per heavy atom. The van der Waals surface area contributed by atoms with Crippen molar-refractivity contribution >= 4 is 46.2 Å². The molecule has 2 aromatic rings. The van der Waals surface area contributed by atoms with Crippen LogP contribution in [0.3, 0.4) is 0 Å². The standard InChI is InChI=1S/C24H25ClN2OS/c1-2-18-8-6-7-11-21(18)26-24-27(20-9-4-3-5-10-20)23(28)22(29-24)16-17-12-14-19(25)15-13-17/h6-8,11-16,20H,2-5,9-10H2,1H3/b22-16+,26-24?. The van der Waals surface area contributed by atoms with E-state index in [-0.39, 0.29) is 11.9 Å². The Hall–Kier alpha value is -2.04. The smallest absolute Gasteiger partial charge is 0.267 e. The first kappa shape index (κ1) is 20.2. The van der Waals surface area contributed by atoms with E-state index in [0.717, 1.165) is 40.6 Å². The first-order valence-corrected chi connectivity index (χ1v) is 11.5. The van der Waals surface area contributed by atoms with E-state index in [4.69, 9.17) is 16.6 Å². The fourth-order valence-electron chi connectivity index (χ4n) is 3.96. The summed E-state index contributed by atoms with van der Waals surface area (Å²) < 4.78 is 0. The highest BCUT2D eigenvalue weighted by Crippen LogP contribution is 2.39. The molecule has 1 saturated heterocycles. The second-order valence-corrected chi connectivity index (χ2v) is 8.95. The van der Waals surface area contributed by atoms with Gasteiger partial charge in [0.05, 0.1) is 10.6 Å². The average Bonchev–Trinajstić information content (AvgIpc) is 3.05. The Bertz CT molecular complexity index is 946. The molecule has 2 fully saturated rings. The Morgan fingerprint density at radius 3 is 2.55 bits per heavy atom. The number of halogens is 1. The fraction of sp³-hybridized carbons (Fsp3) is 0.333. The number of aryl methyl sites for hydroxylation is 1. The summed E-state index contributed by atoms with van der Waals surface area (Å²) in [6.45, 7) is 2.14. The van der Waals surface area contributed by atoms with Gasteiger partial charge in [-0.2, -0.15) is 0 Å². The third kappa shape index (κ3) is 4.59. The molecule has 150 valence electrons. The summed E-state index contributed by atoms with van der Waals surface area (Å²) in [6, 6.07) is 16.0. The van der Waals surface area contributed by atoms with Gasteiger partial charge in [-0.25, -0.2) is 4.99 Å². The highest BCUT2D eigenvalue weighted by atomic mass is 35.5. The molecule has 0 atom stereocenters. The SMILES string of the molecule is CCc1ccccc1N=C1S/C(=C/c2ccc(Cl)cc2)C(=O)N1C1CCCCC1. The van der Waals surface area contributed by atoms with E-state index in [1.165, 1.54) is 36.6 Å². The highest BCUT2D eigenvalue weighted by Gasteiger charge is 2.38. The molecule has 1 saturated carbocycles. The number of amides is 1. The largest absolute Gasteiger partial charge is 0.283 e. The molecule has 5 heteroatoms. The number of carbonyl (C=O) groups is 1. The van der Waals surface area contributed by atoms with Gasteiger partial charge < -0.3 is 0 Å². The maximum Gasteiger partial charge on any atom is 0.267 e. The average molecular weight is 425 g/mol. The minimum absolute atomic E-state index is 0.0737. The monoisotopic (exact) mass is 424 g/mol. The second-order valence-electron chi connectivity index (χ2n) is 7.51. The lowest BCUT2D eigenvalue weighted by Gasteiger charge is -2.30. The van der Waals surface area contributed by atoms with Crippen LogP contribution in [0.25, 0.3) is 6.08 Å². The molecule has 1 aliphatic carbocycles. The molecular formula is C24H25ClN2OS. The van der Waals surface area contributed by atoms with Crippen LogP contribution in [0.4, 0.5) is 5.69 Å². The maximum absolute atomic E-state index is 13.4. The highest BCUT2D eigenvalue weighted by molar-refractivity contribution is 8.18. The Kier molecular flexibility index (Phi) is 6.41. The Balaban J connectivity index is 1.72. The number of thioether (sulfide) groups is 1. The van der Waals surface area contributed by atoms with Gasteiger partial charge >= 0.3 is 0 Å². The number of amidine groups is 1. The van der Waals surface area contributed by atoms with Gasteiger partial charge in [0.25, 0.3) is 5.91 Å². The lowest BCUT2D eigenvalue weighted by Crippen LogP contribution is -2.40. The number of nitrogens with zero attached hydrogens (tertiary/aromatic N) is 2. The van der Waals surface area contributed by atoms with E-state index in [9.17, 15) is 4.79 Å². The van der Waals surface area contributed by atoms with Crippen molar-refractivity contribution in [1.82, 2.24) is 4.90 Å². The van der Waals surface area contributed by atoms with Gasteiger partial charge in [-0.3, -0.25) is 9.69 Å². The van der Waals surface area contributed by atoms with Crippen molar-refractivity contribution in [1.29, 1.82) is 0 Å². The van der Waals surface area contributed by atoms with Gasteiger partial charge in [-0.1, -0.05) is 68.1 Å². The first-order chi connectivity index (χ1) is 14.2. The molecule has 1 amide bonds. The summed E-state index contributed by atoms with van der Waals surface area (Å²) in [5.41, 5.74) is 3.13. The second kappa shape index (κ2) is 9.19. The van der Waals surface area contributed by atoms with E-state index in [2.05, 4.69) is 13.0 Å². The third-order valence-corrected chi connectivity index (χ3v) is 6.77. The summed E-state index contributed by atoms with van der Waals surface area (Å²) in [5, 5.41) is 1.50. The van der Waals surface area contributed by atoms with Crippen molar-refractivity contribution in [3.8, 4) is 0 Å². The molecule has 0 bridgehead atoms. The van der Waals surface area contributed by atoms with Gasteiger partial charge in [-0.15, -0.1) is 0 Å². The van der Waals surface area contributed by atoms with E-state index in [1.807, 2.05) is 53.4 Å². The summed E-state index contributed by atoms with van der Waals surface area (Å²) in [6.07, 6.45) is 8.58. The van der Waals surface area contributed by atoms with E-state index in [0.29, 0.717) is 5.02 Å². The summed E-state index contributed by atoms with van der Waals surface area (Å²) >= 11 is 7.49. The molecule has 4 rings (SSSR count). The normalized spacial score (nSPS) is 20.8. The quantitative estimate of drug-likeness (QED) is 0.503. The molecule has 0 spiro atoms. The molecule has 1 aliphatic heterocycles. The van der Waals surface area contributed by atoms with Crippen LogP contribution >= 0.6 is 23.4 Å². The van der Waals surface area contributed by atoms with Crippen molar-refractivity contribution in [3.63, 3.8) is 0 Å². The van der Waals surface area contributed by atoms with Crippen LogP contribution in [0.5, 0.6) is 0 Å². The van der Waals surface area contributed by atoms with Crippen molar-refractivity contribution in [2.45, 2.75) is 51.5 Å². The van der Waals surface area contributed by atoms with Gasteiger partial charge in [0.15, 0.2) is 5.17 Å². The summed E-state index contributed by atoms with van der Waals surface area (Å²) in [7, 11) is 0. The van der Waals surface area contributed by atoms with Gasteiger partial charge in [-0.05, 0) is 66.4 Å². The molecule has 2 aromatic carbocycles. The number of benzene rings is 2. The maximum atomic E-state index is 13.4. The molecule has 0 N–H and O–H groups in total. The fourth-order valence-corrected chi connectivity index (χ4v) is 5.14. The van der Waals surface area contributed by atoms with Crippen LogP contribution in [0.1, 0.15) is 50.2 Å². The minimum atomic E-state index is 0.0737. The zero-order valence-electron chi connectivity index (χ0n) is 16.6. The molecular weight excluding hydrogens is 400 g/mol. The van der Waals surface area contributed by atoms with Crippen molar-refractivity contribution in [2.24, 2.45) is 4.99 Å². The number of carbonyl (C=O) groups excluding carboxylic acids is 1. The lowest BCUT2D eigenvalue weighted by molar-refractivity contribution is -0.124. The van der Waals surface area contributed by atoms with Crippen LogP contribution in [0.15, 0.2) is 58.4 Å². The molecule has 0 aromatic heterocycles. The van der Waals surface area contributed by atoms with Crippen molar-refractivity contribution in [2.75, 3.05) is 0 Å². The molecule has 3 nitrogen and oxygen atoms in total. The van der Waals surface area contributed by atoms with Gasteiger partial charge in [0, 0.05) is 11.1 Å². The number of rotatable bonds is 4. The van der Waals surface area contributed by atoms with Crippen molar-refractivity contribution in [3.05, 3.63) is 69.6 Å². The first-order valence-electron chi connectivity index (χ1n) is 10.3. The molecule has 0 unspecified atom stereocenters. The lowest BCUT2D eigenvalue weighted by atomic mass is 9.94. The minimum Gasteiger partial charge on any atom is -0.283 e. The predicted molar refractivity (Wildman–Crippen MR) is 124 cm³/mol. The van der Waals surface area contributed by atoms with Crippen LogP contribution < -0.4 is 0 Å². The van der Waals surface area contributed by atoms with Crippen LogP contribution in [0, 0.1) is 0 Å². The molecule has 29 heavy (non-hydrogen) atoms. The van der Waals surface area contributed by atoms with E-state index < -0.39 is 0 Å². The van der Waals surface area contributed by atoms with Gasteiger partial charge in [0.2, 0.25) is 0 Å². The molecule has 2 aliphatic rings. The summed E-state index contributed by atoms with van der Waals surface area (Å²) in [5.74, 6) is 0.0737. The van der Waals surface area contributed by atoms with E-state index in [1.54, 1.807) is 0 Å². The Labute approximate surface area is 181 Å². The zero-order valence-corrected chi connectivity index (χ0v) is 18.2. The van der Waals surface area contributed by atoms with Gasteiger partial charge in [0.1, 0.15) is 0 Å². The number of hydrogen-bond acceptors (Lipinski definition) is 3. The third-order valence-electron chi connectivity index (χ3n) is 5.53. The molecule has 1 heterocycles. The van der Waals surface area contributed by atoms with Crippen molar-refractivity contribution < 1.29 is 4.79 Å². The summed E-state index contributed by atoms with van der Waals surface area (Å²) in [4.78, 5) is 21.0. The number of aliphatic imine (C=N–C) groups is 1. The van der Waals surface area contributed by atoms with E-state index >= 15 is 0 Å². The molecule has 0 radical (unpaired) electrons. The number of hydrogen-bond donors (Lipinski definition) is 0. The van der Waals surface area contributed by atoms with Crippen LogP contribution in [0.2, 0.25) is 5.02 Å². The predicted octanol–water partition coefficient (Wildman–Crippen LogP) is 6.84. The zero-order chi connectivity index (χ0) is 20.2. The van der Waals surface area contributed by atoms with Crippen LogP contribution in [-0.2, 0) is 11.2 Å². The number of para-hydroxylation sites is 1. The Morgan fingerprint density at radius 2 is 1.83 bits per heavy atom. The topological polar surface area (TPSA) is 32.7 Å².